The van der Waals surface area contributed by atoms with Crippen LogP contribution in [0.15, 0.2) is 42.7 Å². The van der Waals surface area contributed by atoms with Gasteiger partial charge in [-0.15, -0.1) is 0 Å². The van der Waals surface area contributed by atoms with Gasteiger partial charge in [-0.2, -0.15) is 0 Å². The van der Waals surface area contributed by atoms with Gasteiger partial charge in [0.25, 0.3) is 5.91 Å². The lowest BCUT2D eigenvalue weighted by atomic mass is 10.1. The SMILES string of the molecule is Cc1cc(C(=O)N2CCN([C@@H](C)c3cccnc3)CC2)ccc1F. The predicted octanol–water partition coefficient (Wildman–Crippen LogP) is 3.05. The van der Waals surface area contributed by atoms with Crippen molar-refractivity contribution in [1.82, 2.24) is 14.8 Å². The molecule has 3 rings (SSSR count). The zero-order valence-corrected chi connectivity index (χ0v) is 14.1. The average Bonchev–Trinajstić information content (AvgIpc) is 2.63. The van der Waals surface area contributed by atoms with Crippen LogP contribution in [0.2, 0.25) is 0 Å². The summed E-state index contributed by atoms with van der Waals surface area (Å²) in [4.78, 5) is 21.0. The van der Waals surface area contributed by atoms with Gasteiger partial charge in [-0.25, -0.2) is 4.39 Å². The molecule has 2 heterocycles. The third kappa shape index (κ3) is 3.46. The van der Waals surface area contributed by atoms with Gasteiger partial charge in [0.05, 0.1) is 0 Å². The van der Waals surface area contributed by atoms with Crippen molar-refractivity contribution in [2.24, 2.45) is 0 Å². The summed E-state index contributed by atoms with van der Waals surface area (Å²) in [5.41, 5.74) is 2.25. The molecule has 1 aliphatic heterocycles. The molecule has 0 spiro atoms. The number of pyridine rings is 1. The van der Waals surface area contributed by atoms with Crippen molar-refractivity contribution in [3.8, 4) is 0 Å². The fourth-order valence-electron chi connectivity index (χ4n) is 3.11. The number of piperazine rings is 1. The Bertz CT molecular complexity index is 712. The van der Waals surface area contributed by atoms with Gasteiger partial charge < -0.3 is 4.90 Å². The lowest BCUT2D eigenvalue weighted by Gasteiger charge is -2.38. The molecule has 0 saturated carbocycles. The third-order valence-electron chi connectivity index (χ3n) is 4.72. The molecule has 0 aliphatic carbocycles. The number of aromatic nitrogens is 1. The molecule has 4 nitrogen and oxygen atoms in total. The number of carbonyl (C=O) groups is 1. The second-order valence-corrected chi connectivity index (χ2v) is 6.25. The minimum atomic E-state index is -0.276. The maximum absolute atomic E-state index is 13.4. The Morgan fingerprint density at radius 2 is 1.96 bits per heavy atom. The van der Waals surface area contributed by atoms with E-state index in [4.69, 9.17) is 0 Å². The Morgan fingerprint density at radius 1 is 1.21 bits per heavy atom. The fourth-order valence-corrected chi connectivity index (χ4v) is 3.11. The van der Waals surface area contributed by atoms with Crippen LogP contribution in [0.3, 0.4) is 0 Å². The summed E-state index contributed by atoms with van der Waals surface area (Å²) in [6.45, 7) is 6.85. The van der Waals surface area contributed by atoms with Crippen molar-refractivity contribution in [2.75, 3.05) is 26.2 Å². The number of hydrogen-bond donors (Lipinski definition) is 0. The van der Waals surface area contributed by atoms with E-state index in [-0.39, 0.29) is 17.8 Å². The molecule has 0 N–H and O–H groups in total. The Balaban J connectivity index is 1.62. The molecular formula is C19H22FN3O. The van der Waals surface area contributed by atoms with Crippen LogP contribution in [0.25, 0.3) is 0 Å². The van der Waals surface area contributed by atoms with Crippen molar-refractivity contribution in [3.63, 3.8) is 0 Å². The van der Waals surface area contributed by atoms with E-state index in [0.717, 1.165) is 13.1 Å². The van der Waals surface area contributed by atoms with E-state index in [1.807, 2.05) is 17.2 Å². The lowest BCUT2D eigenvalue weighted by molar-refractivity contribution is 0.0581. The van der Waals surface area contributed by atoms with Gasteiger partial charge in [0, 0.05) is 50.2 Å². The molecule has 126 valence electrons. The highest BCUT2D eigenvalue weighted by Crippen LogP contribution is 2.21. The van der Waals surface area contributed by atoms with Crippen LogP contribution in [0.4, 0.5) is 4.39 Å². The monoisotopic (exact) mass is 327 g/mol. The zero-order valence-electron chi connectivity index (χ0n) is 14.1. The number of amides is 1. The van der Waals surface area contributed by atoms with Crippen molar-refractivity contribution in [3.05, 3.63) is 65.2 Å². The summed E-state index contributed by atoms with van der Waals surface area (Å²) in [7, 11) is 0. The van der Waals surface area contributed by atoms with E-state index in [1.165, 1.54) is 11.6 Å². The highest BCUT2D eigenvalue weighted by Gasteiger charge is 2.25. The topological polar surface area (TPSA) is 36.4 Å². The standard InChI is InChI=1S/C19H22FN3O/c1-14-12-16(5-6-18(14)20)19(24)23-10-8-22(9-11-23)15(2)17-4-3-7-21-13-17/h3-7,12-13,15H,8-11H2,1-2H3/t15-/m0/s1. The second kappa shape index (κ2) is 7.09. The number of hydrogen-bond acceptors (Lipinski definition) is 3. The molecule has 0 radical (unpaired) electrons. The van der Waals surface area contributed by atoms with Gasteiger partial charge in [0.1, 0.15) is 5.82 Å². The molecule has 2 aromatic rings. The van der Waals surface area contributed by atoms with E-state index in [2.05, 4.69) is 22.9 Å². The quantitative estimate of drug-likeness (QED) is 0.869. The van der Waals surface area contributed by atoms with Gasteiger partial charge in [-0.3, -0.25) is 14.7 Å². The fraction of sp³-hybridized carbons (Fsp3) is 0.368. The van der Waals surface area contributed by atoms with E-state index in [0.29, 0.717) is 24.2 Å². The molecular weight excluding hydrogens is 305 g/mol. The number of carbonyl (C=O) groups excluding carboxylic acids is 1. The number of halogens is 1. The van der Waals surface area contributed by atoms with Gasteiger partial charge in [0.2, 0.25) is 0 Å². The Morgan fingerprint density at radius 3 is 2.58 bits per heavy atom. The van der Waals surface area contributed by atoms with Crippen molar-refractivity contribution in [1.29, 1.82) is 0 Å². The van der Waals surface area contributed by atoms with Gasteiger partial charge in [-0.1, -0.05) is 6.07 Å². The summed E-state index contributed by atoms with van der Waals surface area (Å²) < 4.78 is 13.4. The maximum Gasteiger partial charge on any atom is 0.253 e. The Kier molecular flexibility index (Phi) is 4.90. The molecule has 0 bridgehead atoms. The van der Waals surface area contributed by atoms with Crippen LogP contribution < -0.4 is 0 Å². The number of rotatable bonds is 3. The molecule has 1 aromatic carbocycles. The van der Waals surface area contributed by atoms with Gasteiger partial charge in [0.15, 0.2) is 0 Å². The largest absolute Gasteiger partial charge is 0.336 e. The predicted molar refractivity (Wildman–Crippen MR) is 91.3 cm³/mol. The first-order chi connectivity index (χ1) is 11.6. The minimum Gasteiger partial charge on any atom is -0.336 e. The van der Waals surface area contributed by atoms with E-state index < -0.39 is 0 Å². The van der Waals surface area contributed by atoms with Gasteiger partial charge >= 0.3 is 0 Å². The number of aryl methyl sites for hydroxylation is 1. The molecule has 1 saturated heterocycles. The first-order valence-electron chi connectivity index (χ1n) is 8.25. The molecule has 5 heteroatoms. The second-order valence-electron chi connectivity index (χ2n) is 6.25. The zero-order chi connectivity index (χ0) is 17.1. The number of benzene rings is 1. The minimum absolute atomic E-state index is 0.0215. The average molecular weight is 327 g/mol. The molecule has 1 amide bonds. The smallest absolute Gasteiger partial charge is 0.253 e. The molecule has 1 atom stereocenters. The van der Waals surface area contributed by atoms with Crippen LogP contribution in [0, 0.1) is 12.7 Å². The normalized spacial score (nSPS) is 16.9. The summed E-state index contributed by atoms with van der Waals surface area (Å²) in [6.07, 6.45) is 3.67. The molecule has 24 heavy (non-hydrogen) atoms. The molecule has 1 fully saturated rings. The van der Waals surface area contributed by atoms with Crippen molar-refractivity contribution < 1.29 is 9.18 Å². The first-order valence-corrected chi connectivity index (χ1v) is 8.25. The van der Waals surface area contributed by atoms with Crippen LogP contribution in [-0.2, 0) is 0 Å². The summed E-state index contributed by atoms with van der Waals surface area (Å²) in [5.74, 6) is -0.298. The van der Waals surface area contributed by atoms with E-state index in [9.17, 15) is 9.18 Å². The van der Waals surface area contributed by atoms with Crippen molar-refractivity contribution in [2.45, 2.75) is 19.9 Å². The molecule has 1 aromatic heterocycles. The Hall–Kier alpha value is -2.27. The van der Waals surface area contributed by atoms with Crippen LogP contribution in [0.1, 0.15) is 34.5 Å². The summed E-state index contributed by atoms with van der Waals surface area (Å²) in [6, 6.07) is 8.86. The van der Waals surface area contributed by atoms with E-state index >= 15 is 0 Å². The maximum atomic E-state index is 13.4. The molecule has 0 unspecified atom stereocenters. The van der Waals surface area contributed by atoms with Crippen LogP contribution in [-0.4, -0.2) is 46.9 Å². The van der Waals surface area contributed by atoms with E-state index in [1.54, 1.807) is 25.3 Å². The number of nitrogens with zero attached hydrogens (tertiary/aromatic N) is 3. The van der Waals surface area contributed by atoms with Crippen molar-refractivity contribution >= 4 is 5.91 Å². The molecule has 1 aliphatic rings. The first kappa shape index (κ1) is 16.6. The van der Waals surface area contributed by atoms with Gasteiger partial charge in [-0.05, 0) is 49.2 Å². The third-order valence-corrected chi connectivity index (χ3v) is 4.72. The lowest BCUT2D eigenvalue weighted by Crippen LogP contribution is -2.49. The Labute approximate surface area is 141 Å². The summed E-state index contributed by atoms with van der Waals surface area (Å²) >= 11 is 0. The summed E-state index contributed by atoms with van der Waals surface area (Å²) in [5, 5.41) is 0. The van der Waals surface area contributed by atoms with Crippen LogP contribution >= 0.6 is 0 Å². The highest BCUT2D eigenvalue weighted by atomic mass is 19.1. The highest BCUT2D eigenvalue weighted by molar-refractivity contribution is 5.94. The van der Waals surface area contributed by atoms with Crippen LogP contribution in [0.5, 0.6) is 0 Å².